The number of ether oxygens (including phenoxy) is 1. The minimum Gasteiger partial charge on any atom is -0.481 e. The number of carbonyl (C=O) groups is 1. The van der Waals surface area contributed by atoms with Crippen molar-refractivity contribution in [2.24, 2.45) is 0 Å². The Morgan fingerprint density at radius 1 is 1.69 bits per heavy atom. The van der Waals surface area contributed by atoms with Gasteiger partial charge < -0.3 is 14.7 Å². The number of nitrogens with zero attached hydrogens (tertiary/aromatic N) is 3. The highest BCUT2D eigenvalue weighted by atomic mass is 16.5. The third kappa shape index (κ3) is 1.91. The first kappa shape index (κ1) is 10.7. The van der Waals surface area contributed by atoms with Crippen LogP contribution < -0.4 is 9.64 Å². The number of hydrogen-bond donors (Lipinski definition) is 1. The van der Waals surface area contributed by atoms with Crippen molar-refractivity contribution in [1.29, 1.82) is 0 Å². The monoisotopic (exact) mass is 223 g/mol. The summed E-state index contributed by atoms with van der Waals surface area (Å²) in [6, 6.07) is 1.11. The SMILES string of the molecule is COc1ccnc(N2CCC[C@H]2C(=O)O)n1. The maximum atomic E-state index is 11.0. The second-order valence-electron chi connectivity index (χ2n) is 3.59. The zero-order valence-corrected chi connectivity index (χ0v) is 8.96. The lowest BCUT2D eigenvalue weighted by Gasteiger charge is -2.21. The maximum absolute atomic E-state index is 11.0. The highest BCUT2D eigenvalue weighted by Gasteiger charge is 2.32. The van der Waals surface area contributed by atoms with Crippen molar-refractivity contribution < 1.29 is 14.6 Å². The lowest BCUT2D eigenvalue weighted by molar-refractivity contribution is -0.138. The Bertz CT molecular complexity index is 397. The molecule has 0 amide bonds. The third-order valence-electron chi connectivity index (χ3n) is 2.62. The average Bonchev–Trinajstić information content (AvgIpc) is 2.78. The highest BCUT2D eigenvalue weighted by Crippen LogP contribution is 2.23. The van der Waals surface area contributed by atoms with Gasteiger partial charge in [-0.15, -0.1) is 0 Å². The summed E-state index contributed by atoms with van der Waals surface area (Å²) in [4.78, 5) is 20.9. The van der Waals surface area contributed by atoms with Crippen LogP contribution in [0.1, 0.15) is 12.8 Å². The molecule has 16 heavy (non-hydrogen) atoms. The first-order chi connectivity index (χ1) is 7.72. The maximum Gasteiger partial charge on any atom is 0.326 e. The van der Waals surface area contributed by atoms with Crippen LogP contribution in [-0.2, 0) is 4.79 Å². The minimum absolute atomic E-state index is 0.421. The molecule has 0 spiro atoms. The number of carboxylic acids is 1. The zero-order chi connectivity index (χ0) is 11.5. The predicted molar refractivity (Wildman–Crippen MR) is 56.6 cm³/mol. The molecular weight excluding hydrogens is 210 g/mol. The summed E-state index contributed by atoms with van der Waals surface area (Å²) in [6.45, 7) is 0.671. The number of carboxylic acid groups (broad SMARTS) is 1. The van der Waals surface area contributed by atoms with Gasteiger partial charge in [0, 0.05) is 18.8 Å². The Labute approximate surface area is 92.9 Å². The molecule has 0 aromatic carbocycles. The minimum atomic E-state index is -0.830. The fraction of sp³-hybridized carbons (Fsp3) is 0.500. The van der Waals surface area contributed by atoms with E-state index in [1.54, 1.807) is 17.2 Å². The molecule has 86 valence electrons. The van der Waals surface area contributed by atoms with Gasteiger partial charge in [-0.3, -0.25) is 0 Å². The van der Waals surface area contributed by atoms with Crippen LogP contribution in [0, 0.1) is 0 Å². The fourth-order valence-electron chi connectivity index (χ4n) is 1.85. The van der Waals surface area contributed by atoms with Crippen LogP contribution in [0.5, 0.6) is 5.88 Å². The van der Waals surface area contributed by atoms with Crippen molar-refractivity contribution in [3.8, 4) is 5.88 Å². The zero-order valence-electron chi connectivity index (χ0n) is 8.96. The van der Waals surface area contributed by atoms with Gasteiger partial charge in [-0.2, -0.15) is 4.98 Å². The van der Waals surface area contributed by atoms with Gasteiger partial charge in [0.05, 0.1) is 7.11 Å². The molecule has 1 fully saturated rings. The largest absolute Gasteiger partial charge is 0.481 e. The molecule has 1 aromatic heterocycles. The molecule has 1 N–H and O–H groups in total. The van der Waals surface area contributed by atoms with E-state index < -0.39 is 12.0 Å². The lowest BCUT2D eigenvalue weighted by atomic mass is 10.2. The first-order valence-corrected chi connectivity index (χ1v) is 5.09. The molecule has 2 heterocycles. The molecule has 1 aliphatic heterocycles. The molecule has 0 unspecified atom stereocenters. The number of methoxy groups -OCH3 is 1. The van der Waals surface area contributed by atoms with E-state index in [0.29, 0.717) is 24.8 Å². The van der Waals surface area contributed by atoms with E-state index in [1.165, 1.54) is 7.11 Å². The quantitative estimate of drug-likeness (QED) is 0.806. The van der Waals surface area contributed by atoms with Crippen LogP contribution in [0.4, 0.5) is 5.95 Å². The Morgan fingerprint density at radius 3 is 3.19 bits per heavy atom. The third-order valence-corrected chi connectivity index (χ3v) is 2.62. The smallest absolute Gasteiger partial charge is 0.326 e. The van der Waals surface area contributed by atoms with E-state index in [1.807, 2.05) is 0 Å². The molecule has 0 saturated carbocycles. The number of aliphatic carboxylic acids is 1. The van der Waals surface area contributed by atoms with Crippen molar-refractivity contribution in [2.75, 3.05) is 18.6 Å². The standard InChI is InChI=1S/C10H13N3O3/c1-16-8-4-5-11-10(12-8)13-6-2-3-7(13)9(14)15/h4-5,7H,2-3,6H2,1H3,(H,14,15)/t7-/m0/s1. The Kier molecular flexibility index (Phi) is 2.89. The Balaban J connectivity index is 2.25. The second kappa shape index (κ2) is 4.34. The Morgan fingerprint density at radius 2 is 2.50 bits per heavy atom. The van der Waals surface area contributed by atoms with Gasteiger partial charge in [-0.25, -0.2) is 9.78 Å². The van der Waals surface area contributed by atoms with Gasteiger partial charge in [-0.05, 0) is 12.8 Å². The van der Waals surface area contributed by atoms with Crippen LogP contribution in [0.2, 0.25) is 0 Å². The normalized spacial score (nSPS) is 19.8. The molecule has 1 aromatic rings. The van der Waals surface area contributed by atoms with E-state index in [0.717, 1.165) is 6.42 Å². The van der Waals surface area contributed by atoms with E-state index in [2.05, 4.69) is 9.97 Å². The molecule has 1 atom stereocenters. The van der Waals surface area contributed by atoms with Gasteiger partial charge >= 0.3 is 5.97 Å². The van der Waals surface area contributed by atoms with Crippen LogP contribution in [0.25, 0.3) is 0 Å². The van der Waals surface area contributed by atoms with Crippen molar-refractivity contribution in [3.63, 3.8) is 0 Å². The van der Waals surface area contributed by atoms with Gasteiger partial charge in [0.15, 0.2) is 0 Å². The number of anilines is 1. The summed E-state index contributed by atoms with van der Waals surface area (Å²) in [7, 11) is 1.52. The van der Waals surface area contributed by atoms with Gasteiger partial charge in [-0.1, -0.05) is 0 Å². The lowest BCUT2D eigenvalue weighted by Crippen LogP contribution is -2.37. The summed E-state index contributed by atoms with van der Waals surface area (Å²) >= 11 is 0. The summed E-state index contributed by atoms with van der Waals surface area (Å²) in [5.41, 5.74) is 0. The van der Waals surface area contributed by atoms with Crippen molar-refractivity contribution >= 4 is 11.9 Å². The molecule has 2 rings (SSSR count). The predicted octanol–water partition coefficient (Wildman–Crippen LogP) is 0.539. The van der Waals surface area contributed by atoms with Gasteiger partial charge in [0.2, 0.25) is 11.8 Å². The Hall–Kier alpha value is -1.85. The average molecular weight is 223 g/mol. The number of hydrogen-bond acceptors (Lipinski definition) is 5. The van der Waals surface area contributed by atoms with E-state index in [-0.39, 0.29) is 0 Å². The molecule has 1 aliphatic rings. The van der Waals surface area contributed by atoms with Gasteiger partial charge in [0.25, 0.3) is 0 Å². The number of rotatable bonds is 3. The van der Waals surface area contributed by atoms with E-state index >= 15 is 0 Å². The van der Waals surface area contributed by atoms with Crippen molar-refractivity contribution in [1.82, 2.24) is 9.97 Å². The molecule has 6 nitrogen and oxygen atoms in total. The van der Waals surface area contributed by atoms with E-state index in [4.69, 9.17) is 9.84 Å². The van der Waals surface area contributed by atoms with Crippen LogP contribution in [0.15, 0.2) is 12.3 Å². The molecule has 1 saturated heterocycles. The summed E-state index contributed by atoms with van der Waals surface area (Å²) in [5.74, 6) is 0.0363. The van der Waals surface area contributed by atoms with Crippen LogP contribution in [0.3, 0.4) is 0 Å². The van der Waals surface area contributed by atoms with Crippen LogP contribution >= 0.6 is 0 Å². The highest BCUT2D eigenvalue weighted by molar-refractivity contribution is 5.78. The van der Waals surface area contributed by atoms with Crippen molar-refractivity contribution in [2.45, 2.75) is 18.9 Å². The summed E-state index contributed by atoms with van der Waals surface area (Å²) in [5, 5.41) is 9.04. The van der Waals surface area contributed by atoms with Crippen molar-refractivity contribution in [3.05, 3.63) is 12.3 Å². The molecule has 6 heteroatoms. The molecule has 0 radical (unpaired) electrons. The summed E-state index contributed by atoms with van der Waals surface area (Å²) in [6.07, 6.45) is 3.05. The molecule has 0 bridgehead atoms. The first-order valence-electron chi connectivity index (χ1n) is 5.09. The molecule has 0 aliphatic carbocycles. The summed E-state index contributed by atoms with van der Waals surface area (Å²) < 4.78 is 4.98. The number of aromatic nitrogens is 2. The topological polar surface area (TPSA) is 75.5 Å². The fourth-order valence-corrected chi connectivity index (χ4v) is 1.85. The second-order valence-corrected chi connectivity index (χ2v) is 3.59. The van der Waals surface area contributed by atoms with Crippen LogP contribution in [-0.4, -0.2) is 40.7 Å². The van der Waals surface area contributed by atoms with E-state index in [9.17, 15) is 4.79 Å². The van der Waals surface area contributed by atoms with Gasteiger partial charge in [0.1, 0.15) is 6.04 Å². The molecular formula is C10H13N3O3.